The first kappa shape index (κ1) is 14.1. The lowest BCUT2D eigenvalue weighted by Gasteiger charge is -2.26. The Morgan fingerprint density at radius 3 is 2.90 bits per heavy atom. The number of piperidine rings is 1. The van der Waals surface area contributed by atoms with Gasteiger partial charge in [-0.2, -0.15) is 5.26 Å². The van der Waals surface area contributed by atoms with Crippen LogP contribution in [0.1, 0.15) is 31.2 Å². The van der Waals surface area contributed by atoms with E-state index < -0.39 is 0 Å². The largest absolute Gasteiger partial charge is 0.397 e. The van der Waals surface area contributed by atoms with Gasteiger partial charge in [0.15, 0.2) is 0 Å². The number of nitrogens with two attached hydrogens (primary N) is 1. The molecule has 3 N–H and O–H groups in total. The van der Waals surface area contributed by atoms with Crippen molar-refractivity contribution in [3.63, 3.8) is 0 Å². The molecule has 6 heteroatoms. The number of anilines is 2. The van der Waals surface area contributed by atoms with E-state index in [4.69, 9.17) is 11.0 Å². The van der Waals surface area contributed by atoms with Gasteiger partial charge < -0.3 is 16.0 Å². The van der Waals surface area contributed by atoms with Crippen molar-refractivity contribution < 1.29 is 4.79 Å². The number of carbonyl (C=O) groups is 1. The van der Waals surface area contributed by atoms with Crippen molar-refractivity contribution in [2.75, 3.05) is 30.7 Å². The van der Waals surface area contributed by atoms with Gasteiger partial charge in [0.05, 0.1) is 17.4 Å². The summed E-state index contributed by atoms with van der Waals surface area (Å²) in [5, 5.41) is 12.0. The fourth-order valence-corrected chi connectivity index (χ4v) is 2.30. The van der Waals surface area contributed by atoms with Crippen molar-refractivity contribution in [1.82, 2.24) is 9.88 Å². The molecule has 6 nitrogen and oxygen atoms in total. The molecule has 0 unspecified atom stereocenters. The number of pyridine rings is 1. The first-order valence-corrected chi connectivity index (χ1v) is 6.88. The molecule has 0 spiro atoms. The minimum absolute atomic E-state index is 0.158. The number of hydrogen-bond donors (Lipinski definition) is 2. The minimum Gasteiger partial charge on any atom is -0.397 e. The standard InChI is InChI=1S/C14H19N5O/c15-9-11-8-12(16)10-18-14(11)17-5-4-13(20)19-6-2-1-3-7-19/h8,10H,1-7,16H2,(H,17,18). The minimum atomic E-state index is 0.158. The van der Waals surface area contributed by atoms with Crippen LogP contribution < -0.4 is 11.1 Å². The van der Waals surface area contributed by atoms with Crippen molar-refractivity contribution in [2.24, 2.45) is 0 Å². The van der Waals surface area contributed by atoms with Crippen molar-refractivity contribution in [2.45, 2.75) is 25.7 Å². The summed E-state index contributed by atoms with van der Waals surface area (Å²) in [5.74, 6) is 0.638. The Morgan fingerprint density at radius 1 is 1.45 bits per heavy atom. The number of rotatable bonds is 4. The van der Waals surface area contributed by atoms with E-state index in [1.54, 1.807) is 6.07 Å². The molecule has 1 saturated heterocycles. The lowest BCUT2D eigenvalue weighted by atomic mass is 10.1. The van der Waals surface area contributed by atoms with Gasteiger partial charge in [-0.3, -0.25) is 4.79 Å². The van der Waals surface area contributed by atoms with E-state index in [1.807, 2.05) is 11.0 Å². The third-order valence-electron chi connectivity index (χ3n) is 3.37. The average molecular weight is 273 g/mol. The Morgan fingerprint density at radius 2 is 2.20 bits per heavy atom. The van der Waals surface area contributed by atoms with Gasteiger partial charge in [0.2, 0.25) is 5.91 Å². The molecule has 1 fully saturated rings. The van der Waals surface area contributed by atoms with Crippen LogP contribution in [0, 0.1) is 11.3 Å². The lowest BCUT2D eigenvalue weighted by molar-refractivity contribution is -0.131. The molecule has 1 aromatic heterocycles. The summed E-state index contributed by atoms with van der Waals surface area (Å²) in [6.07, 6.45) is 5.31. The van der Waals surface area contributed by atoms with Gasteiger partial charge >= 0.3 is 0 Å². The van der Waals surface area contributed by atoms with Crippen LogP contribution >= 0.6 is 0 Å². The third kappa shape index (κ3) is 3.60. The molecule has 20 heavy (non-hydrogen) atoms. The van der Waals surface area contributed by atoms with E-state index in [2.05, 4.69) is 10.3 Å². The Balaban J connectivity index is 1.83. The number of likely N-dealkylation sites (tertiary alicyclic amines) is 1. The topological polar surface area (TPSA) is 95.0 Å². The van der Waals surface area contributed by atoms with Crippen LogP contribution in [0.25, 0.3) is 0 Å². The lowest BCUT2D eigenvalue weighted by Crippen LogP contribution is -2.36. The van der Waals surface area contributed by atoms with Gasteiger partial charge in [0.1, 0.15) is 11.9 Å². The molecule has 0 atom stereocenters. The predicted octanol–water partition coefficient (Wildman–Crippen LogP) is 1.35. The zero-order valence-electron chi connectivity index (χ0n) is 11.4. The number of carbonyl (C=O) groups excluding carboxylic acids is 1. The highest BCUT2D eigenvalue weighted by Crippen LogP contribution is 2.14. The zero-order chi connectivity index (χ0) is 14.4. The van der Waals surface area contributed by atoms with Crippen molar-refractivity contribution >= 4 is 17.4 Å². The molecule has 1 amide bonds. The predicted molar refractivity (Wildman–Crippen MR) is 76.9 cm³/mol. The van der Waals surface area contributed by atoms with Crippen LogP contribution in [0.2, 0.25) is 0 Å². The summed E-state index contributed by atoms with van der Waals surface area (Å²) in [5.41, 5.74) is 6.43. The second-order valence-corrected chi connectivity index (χ2v) is 4.89. The molecular formula is C14H19N5O. The van der Waals surface area contributed by atoms with E-state index in [9.17, 15) is 4.79 Å². The van der Waals surface area contributed by atoms with Gasteiger partial charge in [-0.15, -0.1) is 0 Å². The molecule has 2 heterocycles. The van der Waals surface area contributed by atoms with Crippen LogP contribution in [0.4, 0.5) is 11.5 Å². The van der Waals surface area contributed by atoms with Crippen LogP contribution in [0.3, 0.4) is 0 Å². The Hall–Kier alpha value is -2.29. The molecule has 1 aliphatic rings. The third-order valence-corrected chi connectivity index (χ3v) is 3.37. The van der Waals surface area contributed by atoms with Crippen LogP contribution in [-0.4, -0.2) is 35.4 Å². The molecule has 0 radical (unpaired) electrons. The summed E-state index contributed by atoms with van der Waals surface area (Å²) in [6, 6.07) is 3.61. The zero-order valence-corrected chi connectivity index (χ0v) is 11.4. The Bertz CT molecular complexity index is 517. The van der Waals surface area contributed by atoms with Crippen molar-refractivity contribution in [3.8, 4) is 6.07 Å². The summed E-state index contributed by atoms with van der Waals surface area (Å²) >= 11 is 0. The molecule has 0 aliphatic carbocycles. The monoisotopic (exact) mass is 273 g/mol. The van der Waals surface area contributed by atoms with Gasteiger partial charge in [0.25, 0.3) is 0 Å². The normalized spacial score (nSPS) is 14.7. The fourth-order valence-electron chi connectivity index (χ4n) is 2.30. The van der Waals surface area contributed by atoms with E-state index >= 15 is 0 Å². The number of aromatic nitrogens is 1. The second-order valence-electron chi connectivity index (χ2n) is 4.89. The maximum absolute atomic E-state index is 12.0. The molecule has 1 aliphatic heterocycles. The van der Waals surface area contributed by atoms with Gasteiger partial charge in [-0.05, 0) is 25.3 Å². The molecule has 0 saturated carbocycles. The highest BCUT2D eigenvalue weighted by atomic mass is 16.2. The van der Waals surface area contributed by atoms with Crippen LogP contribution in [-0.2, 0) is 4.79 Å². The van der Waals surface area contributed by atoms with Crippen LogP contribution in [0.15, 0.2) is 12.3 Å². The second kappa shape index (κ2) is 6.75. The summed E-state index contributed by atoms with van der Waals surface area (Å²) in [6.45, 7) is 2.20. The van der Waals surface area contributed by atoms with Crippen LogP contribution in [0.5, 0.6) is 0 Å². The maximum atomic E-state index is 12.0. The quantitative estimate of drug-likeness (QED) is 0.863. The number of nitriles is 1. The molecular weight excluding hydrogens is 254 g/mol. The number of amides is 1. The fraction of sp³-hybridized carbons (Fsp3) is 0.500. The maximum Gasteiger partial charge on any atom is 0.224 e. The first-order valence-electron chi connectivity index (χ1n) is 6.88. The molecule has 0 bridgehead atoms. The number of nitrogens with zero attached hydrogens (tertiary/aromatic N) is 3. The summed E-state index contributed by atoms with van der Waals surface area (Å²) < 4.78 is 0. The van der Waals surface area contributed by atoms with Gasteiger partial charge in [0, 0.05) is 26.1 Å². The van der Waals surface area contributed by atoms with E-state index in [1.165, 1.54) is 12.6 Å². The molecule has 1 aromatic rings. The van der Waals surface area contributed by atoms with E-state index in [0.29, 0.717) is 30.0 Å². The van der Waals surface area contributed by atoms with E-state index in [0.717, 1.165) is 25.9 Å². The molecule has 106 valence electrons. The summed E-state index contributed by atoms with van der Waals surface area (Å²) in [7, 11) is 0. The highest BCUT2D eigenvalue weighted by Gasteiger charge is 2.15. The van der Waals surface area contributed by atoms with E-state index in [-0.39, 0.29) is 5.91 Å². The summed E-state index contributed by atoms with van der Waals surface area (Å²) in [4.78, 5) is 18.0. The van der Waals surface area contributed by atoms with Gasteiger partial charge in [-0.25, -0.2) is 4.98 Å². The molecule has 0 aromatic carbocycles. The van der Waals surface area contributed by atoms with Gasteiger partial charge in [-0.1, -0.05) is 0 Å². The first-order chi connectivity index (χ1) is 9.70. The highest BCUT2D eigenvalue weighted by molar-refractivity contribution is 5.76. The SMILES string of the molecule is N#Cc1cc(N)cnc1NCCC(=O)N1CCCCC1. The number of nitrogen functional groups attached to an aromatic ring is 1. The Kier molecular flexibility index (Phi) is 4.77. The smallest absolute Gasteiger partial charge is 0.224 e. The van der Waals surface area contributed by atoms with Crippen molar-refractivity contribution in [1.29, 1.82) is 5.26 Å². The average Bonchev–Trinajstić information content (AvgIpc) is 2.49. The number of hydrogen-bond acceptors (Lipinski definition) is 5. The Labute approximate surface area is 118 Å². The van der Waals surface area contributed by atoms with Crippen molar-refractivity contribution in [3.05, 3.63) is 17.8 Å². The number of nitrogens with one attached hydrogen (secondary N) is 1. The molecule has 2 rings (SSSR count).